The molecule has 1 heterocycles. The van der Waals surface area contributed by atoms with Crippen molar-refractivity contribution in [1.82, 2.24) is 20.3 Å². The van der Waals surface area contributed by atoms with Crippen LogP contribution in [0.5, 0.6) is 0 Å². The molecule has 0 saturated heterocycles. The summed E-state index contributed by atoms with van der Waals surface area (Å²) < 4.78 is 1.34. The average Bonchev–Trinajstić information content (AvgIpc) is 2.87. The number of hydrogen-bond donors (Lipinski definition) is 3. The number of nitrogens with two attached hydrogens (primary N) is 1. The lowest BCUT2D eigenvalue weighted by atomic mass is 10.1. The number of carboxylic acids is 1. The number of nitrogens with zero attached hydrogens (tertiary/aromatic N) is 3. The van der Waals surface area contributed by atoms with Gasteiger partial charge >= 0.3 is 5.97 Å². The molecule has 1 amide bonds. The molecule has 8 nitrogen and oxygen atoms in total. The summed E-state index contributed by atoms with van der Waals surface area (Å²) >= 11 is 0. The topological polar surface area (TPSA) is 123 Å². The number of amides is 1. The number of aromatic carboxylic acids is 1. The monoisotopic (exact) mass is 297 g/mol. The SMILES string of the molecule is CCC(CC)NC(=O)C(C)n1nnc(C(=O)O)c1CCN. The van der Waals surface area contributed by atoms with Crippen molar-refractivity contribution < 1.29 is 14.7 Å². The first kappa shape index (κ1) is 17.1. The zero-order valence-electron chi connectivity index (χ0n) is 12.7. The molecular formula is C13H23N5O3. The second-order valence-electron chi connectivity index (χ2n) is 4.87. The van der Waals surface area contributed by atoms with E-state index in [-0.39, 0.29) is 24.2 Å². The van der Waals surface area contributed by atoms with Crippen LogP contribution in [0, 0.1) is 0 Å². The van der Waals surface area contributed by atoms with E-state index in [0.717, 1.165) is 12.8 Å². The van der Waals surface area contributed by atoms with Crippen LogP contribution >= 0.6 is 0 Å². The normalized spacial score (nSPS) is 12.4. The standard InChI is InChI=1S/C13H23N5O3/c1-4-9(5-2)15-12(19)8(3)18-10(6-7-14)11(13(20)21)16-17-18/h8-9H,4-7,14H2,1-3H3,(H,15,19)(H,20,21). The summed E-state index contributed by atoms with van der Waals surface area (Å²) in [4.78, 5) is 23.3. The molecule has 1 unspecified atom stereocenters. The van der Waals surface area contributed by atoms with Crippen LogP contribution in [0.3, 0.4) is 0 Å². The van der Waals surface area contributed by atoms with Crippen LogP contribution < -0.4 is 11.1 Å². The third-order valence-electron chi connectivity index (χ3n) is 3.45. The highest BCUT2D eigenvalue weighted by molar-refractivity contribution is 5.87. The van der Waals surface area contributed by atoms with Gasteiger partial charge in [0.2, 0.25) is 5.91 Å². The third kappa shape index (κ3) is 4.01. The van der Waals surface area contributed by atoms with Gasteiger partial charge in [-0.15, -0.1) is 5.10 Å². The molecule has 4 N–H and O–H groups in total. The van der Waals surface area contributed by atoms with Crippen LogP contribution in [0.25, 0.3) is 0 Å². The summed E-state index contributed by atoms with van der Waals surface area (Å²) in [6.45, 7) is 5.92. The highest BCUT2D eigenvalue weighted by Gasteiger charge is 2.25. The first-order valence-corrected chi connectivity index (χ1v) is 7.13. The van der Waals surface area contributed by atoms with E-state index in [1.165, 1.54) is 4.68 Å². The summed E-state index contributed by atoms with van der Waals surface area (Å²) in [5.41, 5.74) is 5.72. The molecule has 0 saturated carbocycles. The Morgan fingerprint density at radius 2 is 2.00 bits per heavy atom. The second kappa shape index (κ2) is 7.72. The Bertz CT molecular complexity index is 496. The average molecular weight is 297 g/mol. The van der Waals surface area contributed by atoms with Crippen molar-refractivity contribution in [3.8, 4) is 0 Å². The van der Waals surface area contributed by atoms with E-state index in [1.807, 2.05) is 13.8 Å². The van der Waals surface area contributed by atoms with Crippen molar-refractivity contribution in [2.45, 2.75) is 52.1 Å². The maximum atomic E-state index is 12.2. The quantitative estimate of drug-likeness (QED) is 0.636. The minimum atomic E-state index is -1.17. The predicted octanol–water partition coefficient (Wildman–Crippen LogP) is 0.343. The van der Waals surface area contributed by atoms with Gasteiger partial charge in [-0.25, -0.2) is 9.48 Å². The van der Waals surface area contributed by atoms with Gasteiger partial charge in [0, 0.05) is 12.5 Å². The molecular weight excluding hydrogens is 274 g/mol. The Morgan fingerprint density at radius 1 is 1.38 bits per heavy atom. The maximum absolute atomic E-state index is 12.2. The van der Waals surface area contributed by atoms with Crippen LogP contribution in [0.1, 0.15) is 55.8 Å². The zero-order chi connectivity index (χ0) is 16.0. The molecule has 1 aromatic heterocycles. The molecule has 21 heavy (non-hydrogen) atoms. The number of aromatic nitrogens is 3. The minimum Gasteiger partial charge on any atom is -0.476 e. The summed E-state index contributed by atoms with van der Waals surface area (Å²) in [5.74, 6) is -1.37. The lowest BCUT2D eigenvalue weighted by Crippen LogP contribution is -2.39. The van der Waals surface area contributed by atoms with Gasteiger partial charge in [-0.1, -0.05) is 19.1 Å². The molecule has 0 aliphatic heterocycles. The Kier molecular flexibility index (Phi) is 6.29. The number of carbonyl (C=O) groups excluding carboxylic acids is 1. The minimum absolute atomic E-state index is 0.0976. The van der Waals surface area contributed by atoms with Gasteiger partial charge in [0.25, 0.3) is 0 Å². The molecule has 1 rings (SSSR count). The van der Waals surface area contributed by atoms with E-state index in [0.29, 0.717) is 12.1 Å². The van der Waals surface area contributed by atoms with Crippen LogP contribution in [0.2, 0.25) is 0 Å². The fourth-order valence-electron chi connectivity index (χ4n) is 2.09. The molecule has 8 heteroatoms. The van der Waals surface area contributed by atoms with Crippen LogP contribution in [0.4, 0.5) is 0 Å². The number of hydrogen-bond acceptors (Lipinski definition) is 5. The van der Waals surface area contributed by atoms with E-state index >= 15 is 0 Å². The second-order valence-corrected chi connectivity index (χ2v) is 4.87. The largest absolute Gasteiger partial charge is 0.476 e. The zero-order valence-corrected chi connectivity index (χ0v) is 12.7. The van der Waals surface area contributed by atoms with Crippen molar-refractivity contribution in [2.75, 3.05) is 6.54 Å². The first-order chi connectivity index (χ1) is 9.96. The molecule has 0 aliphatic carbocycles. The molecule has 1 atom stereocenters. The van der Waals surface area contributed by atoms with Crippen LogP contribution in [-0.2, 0) is 11.2 Å². The van der Waals surface area contributed by atoms with E-state index in [9.17, 15) is 9.59 Å². The van der Waals surface area contributed by atoms with E-state index in [1.54, 1.807) is 6.92 Å². The number of carbonyl (C=O) groups is 2. The lowest BCUT2D eigenvalue weighted by Gasteiger charge is -2.19. The molecule has 0 spiro atoms. The van der Waals surface area contributed by atoms with Crippen LogP contribution in [-0.4, -0.2) is 44.6 Å². The van der Waals surface area contributed by atoms with Gasteiger partial charge in [-0.05, 0) is 26.3 Å². The summed E-state index contributed by atoms with van der Waals surface area (Å²) in [6, 6.07) is -0.534. The predicted molar refractivity (Wildman–Crippen MR) is 77.0 cm³/mol. The van der Waals surface area contributed by atoms with Gasteiger partial charge in [0.15, 0.2) is 5.69 Å². The van der Waals surface area contributed by atoms with Crippen LogP contribution in [0.15, 0.2) is 0 Å². The van der Waals surface area contributed by atoms with Crippen molar-refractivity contribution >= 4 is 11.9 Å². The molecule has 0 fully saturated rings. The summed E-state index contributed by atoms with van der Waals surface area (Å²) in [7, 11) is 0. The fourth-order valence-corrected chi connectivity index (χ4v) is 2.09. The molecule has 0 radical (unpaired) electrons. The molecule has 1 aromatic rings. The molecule has 118 valence electrons. The highest BCUT2D eigenvalue weighted by Crippen LogP contribution is 2.14. The first-order valence-electron chi connectivity index (χ1n) is 7.13. The van der Waals surface area contributed by atoms with Gasteiger partial charge in [0.1, 0.15) is 6.04 Å². The van der Waals surface area contributed by atoms with Crippen molar-refractivity contribution in [1.29, 1.82) is 0 Å². The highest BCUT2D eigenvalue weighted by atomic mass is 16.4. The Labute approximate surface area is 123 Å². The molecule has 0 bridgehead atoms. The van der Waals surface area contributed by atoms with Crippen molar-refractivity contribution in [2.24, 2.45) is 5.73 Å². The van der Waals surface area contributed by atoms with Gasteiger partial charge in [-0.2, -0.15) is 0 Å². The van der Waals surface area contributed by atoms with Crippen molar-refractivity contribution in [3.05, 3.63) is 11.4 Å². The lowest BCUT2D eigenvalue weighted by molar-refractivity contribution is -0.125. The summed E-state index contributed by atoms with van der Waals surface area (Å²) in [5, 5.41) is 19.4. The number of nitrogens with one attached hydrogen (secondary N) is 1. The molecule has 0 aliphatic rings. The molecule has 0 aromatic carbocycles. The van der Waals surface area contributed by atoms with Gasteiger partial charge in [0.05, 0.1) is 5.69 Å². The number of carboxylic acid groups (broad SMARTS) is 1. The smallest absolute Gasteiger partial charge is 0.358 e. The van der Waals surface area contributed by atoms with Crippen molar-refractivity contribution in [3.63, 3.8) is 0 Å². The van der Waals surface area contributed by atoms with Gasteiger partial charge in [-0.3, -0.25) is 4.79 Å². The summed E-state index contributed by atoms with van der Waals surface area (Å²) in [6.07, 6.45) is 1.97. The van der Waals surface area contributed by atoms with E-state index in [4.69, 9.17) is 10.8 Å². The van der Waals surface area contributed by atoms with E-state index < -0.39 is 12.0 Å². The third-order valence-corrected chi connectivity index (χ3v) is 3.45. The number of rotatable bonds is 8. The van der Waals surface area contributed by atoms with E-state index in [2.05, 4.69) is 15.6 Å². The van der Waals surface area contributed by atoms with Gasteiger partial charge < -0.3 is 16.2 Å². The Balaban J connectivity index is 2.98. The Hall–Kier alpha value is -1.96. The fraction of sp³-hybridized carbons (Fsp3) is 0.692. The Morgan fingerprint density at radius 3 is 2.48 bits per heavy atom. The maximum Gasteiger partial charge on any atom is 0.358 e.